The summed E-state index contributed by atoms with van der Waals surface area (Å²) in [6.07, 6.45) is 0.409. The second-order valence-electron chi connectivity index (χ2n) is 5.31. The van der Waals surface area contributed by atoms with Gasteiger partial charge in [-0.15, -0.1) is 35.1 Å². The largest absolute Gasteiger partial charge is 0.378 e. The highest BCUT2D eigenvalue weighted by Crippen LogP contribution is 2.34. The molecule has 0 radical (unpaired) electrons. The summed E-state index contributed by atoms with van der Waals surface area (Å²) in [4.78, 5) is 20.2. The van der Waals surface area contributed by atoms with Crippen molar-refractivity contribution in [2.75, 3.05) is 25.1 Å². The number of thiazole rings is 1. The highest BCUT2D eigenvalue weighted by molar-refractivity contribution is 7.18. The topological polar surface area (TPSA) is 63.2 Å². The number of aryl methyl sites for hydroxylation is 2. The number of hydrogen-bond donors (Lipinski definition) is 2. The average molecular weight is 374 g/mol. The summed E-state index contributed by atoms with van der Waals surface area (Å²) in [6.45, 7) is 6.22. The molecule has 0 spiro atoms. The van der Waals surface area contributed by atoms with E-state index in [0.29, 0.717) is 24.8 Å². The Hall–Kier alpha value is -0.990. The van der Waals surface area contributed by atoms with Gasteiger partial charge in [0.15, 0.2) is 5.13 Å². The molecular formula is C15H20ClN3O2S2. The van der Waals surface area contributed by atoms with Crippen molar-refractivity contribution in [1.29, 1.82) is 0 Å². The van der Waals surface area contributed by atoms with Crippen molar-refractivity contribution in [2.45, 2.75) is 26.3 Å². The third-order valence-electron chi connectivity index (χ3n) is 3.45. The summed E-state index contributed by atoms with van der Waals surface area (Å²) in [7, 11) is 0. The monoisotopic (exact) mass is 373 g/mol. The van der Waals surface area contributed by atoms with E-state index in [1.165, 1.54) is 16.2 Å². The number of aromatic nitrogens is 1. The Balaban J connectivity index is 0.00000192. The van der Waals surface area contributed by atoms with Crippen LogP contribution in [0.15, 0.2) is 12.1 Å². The van der Waals surface area contributed by atoms with Crippen LogP contribution >= 0.6 is 35.1 Å². The van der Waals surface area contributed by atoms with Gasteiger partial charge in [-0.3, -0.25) is 4.79 Å². The lowest BCUT2D eigenvalue weighted by Crippen LogP contribution is -2.43. The summed E-state index contributed by atoms with van der Waals surface area (Å²) < 4.78 is 5.36. The first kappa shape index (κ1) is 18.4. The molecule has 23 heavy (non-hydrogen) atoms. The van der Waals surface area contributed by atoms with Crippen LogP contribution in [0.2, 0.25) is 0 Å². The molecule has 3 rings (SSSR count). The molecule has 8 heteroatoms. The number of carbonyl (C=O) groups is 1. The molecule has 2 aromatic heterocycles. The lowest BCUT2D eigenvalue weighted by atomic mass is 10.2. The zero-order valence-electron chi connectivity index (χ0n) is 13.0. The predicted octanol–water partition coefficient (Wildman–Crippen LogP) is 3.23. The van der Waals surface area contributed by atoms with Crippen LogP contribution in [0.4, 0.5) is 5.13 Å². The van der Waals surface area contributed by atoms with E-state index in [4.69, 9.17) is 4.74 Å². The van der Waals surface area contributed by atoms with Gasteiger partial charge in [0.2, 0.25) is 5.91 Å². The van der Waals surface area contributed by atoms with Crippen molar-refractivity contribution in [1.82, 2.24) is 10.3 Å². The number of halogens is 1. The lowest BCUT2D eigenvalue weighted by molar-refractivity contribution is -0.117. The van der Waals surface area contributed by atoms with E-state index < -0.39 is 0 Å². The van der Waals surface area contributed by atoms with Gasteiger partial charge >= 0.3 is 0 Å². The van der Waals surface area contributed by atoms with Crippen LogP contribution in [0.25, 0.3) is 10.6 Å². The zero-order valence-corrected chi connectivity index (χ0v) is 15.5. The van der Waals surface area contributed by atoms with E-state index in [-0.39, 0.29) is 24.4 Å². The summed E-state index contributed by atoms with van der Waals surface area (Å²) in [5.41, 5.74) is 0.970. The van der Waals surface area contributed by atoms with Crippen molar-refractivity contribution < 1.29 is 9.53 Å². The van der Waals surface area contributed by atoms with Gasteiger partial charge in [0.1, 0.15) is 0 Å². The maximum atomic E-state index is 12.1. The Morgan fingerprint density at radius 1 is 1.43 bits per heavy atom. The van der Waals surface area contributed by atoms with Crippen LogP contribution in [0.5, 0.6) is 0 Å². The SMILES string of the molecule is Cc1ccc(-c2nc(NC(=O)CC3COCCN3)sc2C)s1.Cl. The van der Waals surface area contributed by atoms with Crippen molar-refractivity contribution >= 4 is 46.1 Å². The highest BCUT2D eigenvalue weighted by Gasteiger charge is 2.18. The Morgan fingerprint density at radius 3 is 2.91 bits per heavy atom. The summed E-state index contributed by atoms with van der Waals surface area (Å²) in [5, 5.41) is 6.85. The molecule has 5 nitrogen and oxygen atoms in total. The zero-order chi connectivity index (χ0) is 15.5. The van der Waals surface area contributed by atoms with Gasteiger partial charge in [-0.05, 0) is 26.0 Å². The van der Waals surface area contributed by atoms with E-state index >= 15 is 0 Å². The second kappa shape index (κ2) is 8.21. The third kappa shape index (κ3) is 4.74. The van der Waals surface area contributed by atoms with Gasteiger partial charge in [-0.1, -0.05) is 0 Å². The molecule has 0 bridgehead atoms. The first-order valence-electron chi connectivity index (χ1n) is 7.27. The van der Waals surface area contributed by atoms with E-state index in [0.717, 1.165) is 22.0 Å². The van der Waals surface area contributed by atoms with Gasteiger partial charge in [0.05, 0.1) is 23.8 Å². The Labute approximate surface area is 149 Å². The molecule has 2 N–H and O–H groups in total. The number of thiophene rings is 1. The summed E-state index contributed by atoms with van der Waals surface area (Å²) in [6, 6.07) is 4.26. The van der Waals surface area contributed by atoms with Crippen LogP contribution in [0.3, 0.4) is 0 Å². The number of nitrogens with one attached hydrogen (secondary N) is 2. The van der Waals surface area contributed by atoms with Gasteiger partial charge in [-0.25, -0.2) is 4.98 Å². The van der Waals surface area contributed by atoms with Crippen LogP contribution in [-0.2, 0) is 9.53 Å². The number of morpholine rings is 1. The molecule has 1 saturated heterocycles. The normalized spacial score (nSPS) is 17.6. The first-order valence-corrected chi connectivity index (χ1v) is 8.90. The Morgan fingerprint density at radius 2 is 2.26 bits per heavy atom. The van der Waals surface area contributed by atoms with Crippen molar-refractivity contribution in [3.8, 4) is 10.6 Å². The summed E-state index contributed by atoms with van der Waals surface area (Å²) in [5.74, 6) is -0.0225. The van der Waals surface area contributed by atoms with Gasteiger partial charge in [-0.2, -0.15) is 0 Å². The number of nitrogens with zero attached hydrogens (tertiary/aromatic N) is 1. The molecule has 0 saturated carbocycles. The molecule has 0 aliphatic carbocycles. The third-order valence-corrected chi connectivity index (χ3v) is 5.34. The summed E-state index contributed by atoms with van der Waals surface area (Å²) >= 11 is 3.24. The molecule has 1 amide bonds. The highest BCUT2D eigenvalue weighted by atomic mass is 35.5. The molecule has 126 valence electrons. The Kier molecular flexibility index (Phi) is 6.55. The van der Waals surface area contributed by atoms with Crippen LogP contribution in [0, 0.1) is 13.8 Å². The molecule has 3 heterocycles. The molecule has 1 aliphatic rings. The van der Waals surface area contributed by atoms with Gasteiger partial charge in [0, 0.05) is 28.8 Å². The first-order chi connectivity index (χ1) is 10.6. The fraction of sp³-hybridized carbons (Fsp3) is 0.467. The number of hydrogen-bond acceptors (Lipinski definition) is 6. The number of carbonyl (C=O) groups excluding carboxylic acids is 1. The molecule has 1 aliphatic heterocycles. The quantitative estimate of drug-likeness (QED) is 0.863. The van der Waals surface area contributed by atoms with Crippen molar-refractivity contribution in [2.24, 2.45) is 0 Å². The standard InChI is InChI=1S/C15H19N3O2S2.ClH/c1-9-3-4-12(21-9)14-10(2)22-15(18-14)17-13(19)7-11-8-20-6-5-16-11;/h3-4,11,16H,5-8H2,1-2H3,(H,17,18,19);1H. The maximum absolute atomic E-state index is 12.1. The molecule has 0 aromatic carbocycles. The van der Waals surface area contributed by atoms with Crippen LogP contribution in [-0.4, -0.2) is 36.7 Å². The van der Waals surface area contributed by atoms with Crippen molar-refractivity contribution in [3.63, 3.8) is 0 Å². The minimum Gasteiger partial charge on any atom is -0.378 e. The van der Waals surface area contributed by atoms with E-state index in [2.05, 4.69) is 34.7 Å². The van der Waals surface area contributed by atoms with E-state index in [1.807, 2.05) is 6.92 Å². The molecule has 1 unspecified atom stereocenters. The van der Waals surface area contributed by atoms with Gasteiger partial charge in [0.25, 0.3) is 0 Å². The average Bonchev–Trinajstić information content (AvgIpc) is 3.06. The lowest BCUT2D eigenvalue weighted by Gasteiger charge is -2.22. The van der Waals surface area contributed by atoms with E-state index in [1.54, 1.807) is 11.3 Å². The second-order valence-corrected chi connectivity index (χ2v) is 7.80. The number of ether oxygens (including phenoxy) is 1. The maximum Gasteiger partial charge on any atom is 0.227 e. The molecule has 1 atom stereocenters. The van der Waals surface area contributed by atoms with Crippen molar-refractivity contribution in [3.05, 3.63) is 21.9 Å². The fourth-order valence-corrected chi connectivity index (χ4v) is 4.21. The number of rotatable bonds is 4. The minimum atomic E-state index is -0.0225. The molecule has 2 aromatic rings. The van der Waals surface area contributed by atoms with Gasteiger partial charge < -0.3 is 15.4 Å². The van der Waals surface area contributed by atoms with Crippen LogP contribution in [0.1, 0.15) is 16.2 Å². The van der Waals surface area contributed by atoms with E-state index in [9.17, 15) is 4.79 Å². The number of amides is 1. The number of anilines is 1. The smallest absolute Gasteiger partial charge is 0.227 e. The predicted molar refractivity (Wildman–Crippen MR) is 98.0 cm³/mol. The minimum absolute atomic E-state index is 0. The molecule has 1 fully saturated rings. The fourth-order valence-electron chi connectivity index (χ4n) is 2.39. The molecular weight excluding hydrogens is 354 g/mol. The van der Waals surface area contributed by atoms with Crippen LogP contribution < -0.4 is 10.6 Å². The Bertz CT molecular complexity index is 665.